The van der Waals surface area contributed by atoms with Crippen molar-refractivity contribution in [2.24, 2.45) is 5.92 Å². The average Bonchev–Trinajstić information content (AvgIpc) is 2.73. The maximum Gasteiger partial charge on any atom is 0.233 e. The van der Waals surface area contributed by atoms with Gasteiger partial charge >= 0.3 is 0 Å². The first-order valence-electron chi connectivity index (χ1n) is 10.2. The van der Waals surface area contributed by atoms with Gasteiger partial charge in [0.05, 0.1) is 25.4 Å². The molecular formula is C23H27N3O4S. The van der Waals surface area contributed by atoms with E-state index in [4.69, 9.17) is 26.4 Å². The van der Waals surface area contributed by atoms with E-state index in [0.717, 1.165) is 11.3 Å². The number of rotatable bonds is 5. The number of hydrogen-bond donors (Lipinski definition) is 1. The monoisotopic (exact) mass is 441 g/mol. The smallest absolute Gasteiger partial charge is 0.233 e. The van der Waals surface area contributed by atoms with Crippen LogP contribution in [0.25, 0.3) is 0 Å². The van der Waals surface area contributed by atoms with Crippen LogP contribution in [0.2, 0.25) is 0 Å². The molecule has 2 bridgehead atoms. The van der Waals surface area contributed by atoms with Gasteiger partial charge in [0.15, 0.2) is 22.3 Å². The van der Waals surface area contributed by atoms with Gasteiger partial charge in [0.1, 0.15) is 11.7 Å². The highest BCUT2D eigenvalue weighted by molar-refractivity contribution is 7.80. The number of methoxy groups -OCH3 is 1. The predicted molar refractivity (Wildman–Crippen MR) is 123 cm³/mol. The van der Waals surface area contributed by atoms with E-state index in [1.165, 1.54) is 0 Å². The molecule has 1 fully saturated rings. The lowest BCUT2D eigenvalue weighted by atomic mass is 9.78. The summed E-state index contributed by atoms with van der Waals surface area (Å²) in [4.78, 5) is 16.9. The molecule has 7 nitrogen and oxygen atoms in total. The molecule has 3 unspecified atom stereocenters. The molecule has 2 aliphatic rings. The molecule has 4 rings (SSSR count). The summed E-state index contributed by atoms with van der Waals surface area (Å²) in [6, 6.07) is 12.9. The van der Waals surface area contributed by atoms with Crippen LogP contribution in [0, 0.1) is 5.92 Å². The van der Waals surface area contributed by atoms with Crippen molar-refractivity contribution in [3.8, 4) is 17.2 Å². The summed E-state index contributed by atoms with van der Waals surface area (Å²) in [6.07, 6.45) is 0. The molecule has 8 heteroatoms. The van der Waals surface area contributed by atoms with Crippen LogP contribution in [0.4, 0.5) is 5.69 Å². The van der Waals surface area contributed by atoms with Gasteiger partial charge in [0.25, 0.3) is 0 Å². The quantitative estimate of drug-likeness (QED) is 0.714. The standard InChI is InChI=1S/C23H27N3O4S/c1-6-29-17-12-8-11-16-19-18(21(27)25(3)4)23(2,30-20(16)17)26(22(31)24-19)14-9-7-10-15(13-14)28-5/h7-13,18-19H,6H2,1-5H3,(H,24,31). The second kappa shape index (κ2) is 7.92. The predicted octanol–water partition coefficient (Wildman–Crippen LogP) is 3.34. The summed E-state index contributed by atoms with van der Waals surface area (Å²) < 4.78 is 17.9. The molecule has 1 amide bonds. The number of ether oxygens (including phenoxy) is 3. The molecule has 1 N–H and O–H groups in total. The Balaban J connectivity index is 1.92. The lowest BCUT2D eigenvalue weighted by Crippen LogP contribution is -2.72. The molecular weight excluding hydrogens is 414 g/mol. The molecule has 0 aromatic heterocycles. The van der Waals surface area contributed by atoms with Crippen LogP contribution in [0.5, 0.6) is 17.2 Å². The molecule has 0 spiro atoms. The molecule has 0 saturated carbocycles. The summed E-state index contributed by atoms with van der Waals surface area (Å²) in [5, 5.41) is 3.89. The van der Waals surface area contributed by atoms with Crippen molar-refractivity contribution in [3.63, 3.8) is 0 Å². The molecule has 0 aliphatic carbocycles. The number of fused-ring (bicyclic) bond motifs is 4. The minimum Gasteiger partial charge on any atom is -0.497 e. The molecule has 0 radical (unpaired) electrons. The van der Waals surface area contributed by atoms with Gasteiger partial charge < -0.3 is 24.4 Å². The van der Waals surface area contributed by atoms with E-state index in [1.807, 2.05) is 61.2 Å². The van der Waals surface area contributed by atoms with Crippen molar-refractivity contribution in [2.45, 2.75) is 25.6 Å². The van der Waals surface area contributed by atoms with Crippen LogP contribution in [-0.4, -0.2) is 49.5 Å². The number of anilines is 1. The van der Waals surface area contributed by atoms with Gasteiger partial charge in [-0.25, -0.2) is 0 Å². The van der Waals surface area contributed by atoms with Crippen molar-refractivity contribution >= 4 is 28.9 Å². The maximum absolute atomic E-state index is 13.4. The average molecular weight is 442 g/mol. The Morgan fingerprint density at radius 1 is 1.29 bits per heavy atom. The van der Waals surface area contributed by atoms with E-state index in [2.05, 4.69) is 5.32 Å². The van der Waals surface area contributed by atoms with Gasteiger partial charge in [-0.05, 0) is 44.3 Å². The number of hydrogen-bond acceptors (Lipinski definition) is 5. The van der Waals surface area contributed by atoms with Crippen LogP contribution in [0.15, 0.2) is 42.5 Å². The third kappa shape index (κ3) is 3.35. The second-order valence-corrected chi connectivity index (χ2v) is 8.33. The number of amides is 1. The van der Waals surface area contributed by atoms with Crippen LogP contribution < -0.4 is 24.4 Å². The van der Waals surface area contributed by atoms with Crippen molar-refractivity contribution < 1.29 is 19.0 Å². The van der Waals surface area contributed by atoms with E-state index in [-0.39, 0.29) is 11.9 Å². The van der Waals surface area contributed by atoms with E-state index in [0.29, 0.717) is 29.0 Å². The van der Waals surface area contributed by atoms with E-state index >= 15 is 0 Å². The minimum absolute atomic E-state index is 0.0529. The SMILES string of the molecule is CCOc1cccc2c1OC1(C)C(C(=O)N(C)C)C2NC(=S)N1c1cccc(OC)c1. The zero-order valence-electron chi connectivity index (χ0n) is 18.3. The third-order valence-corrected chi connectivity index (χ3v) is 6.11. The van der Waals surface area contributed by atoms with E-state index < -0.39 is 11.6 Å². The fourth-order valence-electron chi connectivity index (χ4n) is 4.43. The number of nitrogens with one attached hydrogen (secondary N) is 1. The lowest BCUT2D eigenvalue weighted by molar-refractivity contribution is -0.144. The zero-order valence-corrected chi connectivity index (χ0v) is 19.2. The van der Waals surface area contributed by atoms with E-state index in [1.54, 1.807) is 26.1 Å². The lowest BCUT2D eigenvalue weighted by Gasteiger charge is -2.56. The van der Waals surface area contributed by atoms with Gasteiger partial charge in [-0.3, -0.25) is 9.69 Å². The first-order chi connectivity index (χ1) is 14.8. The van der Waals surface area contributed by atoms with E-state index in [9.17, 15) is 4.79 Å². The molecule has 2 aromatic carbocycles. The molecule has 31 heavy (non-hydrogen) atoms. The highest BCUT2D eigenvalue weighted by Gasteiger charge is 2.60. The number of para-hydroxylation sites is 1. The Labute approximate surface area is 187 Å². The minimum atomic E-state index is -1.08. The van der Waals surface area contributed by atoms with Crippen molar-refractivity contribution in [2.75, 3.05) is 32.7 Å². The van der Waals surface area contributed by atoms with Gasteiger partial charge in [-0.1, -0.05) is 18.2 Å². The maximum atomic E-state index is 13.4. The van der Waals surface area contributed by atoms with Crippen LogP contribution in [0.1, 0.15) is 25.5 Å². The van der Waals surface area contributed by atoms with Crippen molar-refractivity contribution in [1.82, 2.24) is 10.2 Å². The normalized spacial score (nSPS) is 23.9. The molecule has 164 valence electrons. The summed E-state index contributed by atoms with van der Waals surface area (Å²) >= 11 is 5.77. The zero-order chi connectivity index (χ0) is 22.3. The molecule has 1 saturated heterocycles. The second-order valence-electron chi connectivity index (χ2n) is 7.94. The van der Waals surface area contributed by atoms with Crippen LogP contribution in [0.3, 0.4) is 0 Å². The first kappa shape index (κ1) is 21.2. The molecule has 2 aliphatic heterocycles. The number of benzene rings is 2. The number of thiocarbonyl (C=S) groups is 1. The van der Waals surface area contributed by atoms with Crippen LogP contribution in [-0.2, 0) is 4.79 Å². The highest BCUT2D eigenvalue weighted by atomic mass is 32.1. The summed E-state index contributed by atoms with van der Waals surface area (Å²) in [6.45, 7) is 4.34. The third-order valence-electron chi connectivity index (χ3n) is 5.81. The first-order valence-corrected chi connectivity index (χ1v) is 10.6. The molecule has 2 heterocycles. The number of nitrogens with zero attached hydrogens (tertiary/aromatic N) is 2. The largest absolute Gasteiger partial charge is 0.497 e. The Kier molecular flexibility index (Phi) is 5.43. The highest BCUT2D eigenvalue weighted by Crippen LogP contribution is 2.52. The molecule has 2 aromatic rings. The van der Waals surface area contributed by atoms with Gasteiger partial charge in [-0.2, -0.15) is 0 Å². The van der Waals surface area contributed by atoms with Gasteiger partial charge in [0.2, 0.25) is 5.91 Å². The van der Waals surface area contributed by atoms with Crippen molar-refractivity contribution in [3.05, 3.63) is 48.0 Å². The van der Waals surface area contributed by atoms with Gasteiger partial charge in [0, 0.05) is 25.7 Å². The fourth-order valence-corrected chi connectivity index (χ4v) is 4.85. The Bertz CT molecular complexity index is 1030. The van der Waals surface area contributed by atoms with Gasteiger partial charge in [-0.15, -0.1) is 0 Å². The summed E-state index contributed by atoms with van der Waals surface area (Å²) in [5.41, 5.74) is 0.545. The summed E-state index contributed by atoms with van der Waals surface area (Å²) in [5.74, 6) is 1.36. The number of carbonyl (C=O) groups is 1. The van der Waals surface area contributed by atoms with Crippen molar-refractivity contribution in [1.29, 1.82) is 0 Å². The number of carbonyl (C=O) groups excluding carboxylic acids is 1. The summed E-state index contributed by atoms with van der Waals surface area (Å²) in [7, 11) is 5.12. The molecule has 3 atom stereocenters. The Morgan fingerprint density at radius 2 is 2.03 bits per heavy atom. The topological polar surface area (TPSA) is 63.3 Å². The Hall–Kier alpha value is -3.00. The fraction of sp³-hybridized carbons (Fsp3) is 0.391. The van der Waals surface area contributed by atoms with Crippen LogP contribution >= 0.6 is 12.2 Å². The Morgan fingerprint density at radius 3 is 2.71 bits per heavy atom.